The molecule has 0 aliphatic carbocycles. The number of carbonyl (C=O) groups excluding carboxylic acids is 1. The highest BCUT2D eigenvalue weighted by molar-refractivity contribution is 5.79. The number of carbonyl (C=O) groups is 1. The molecule has 0 amide bonds. The minimum Gasteiger partial charge on any atom is -0.297 e. The first kappa shape index (κ1) is 10.6. The fraction of sp³-hybridized carbons (Fsp3) is 0.875. The molecule has 0 unspecified atom stereocenters. The Morgan fingerprint density at radius 1 is 1.45 bits per heavy atom. The number of ketones is 1. The van der Waals surface area contributed by atoms with Crippen LogP contribution >= 0.6 is 0 Å². The van der Waals surface area contributed by atoms with E-state index in [1.807, 2.05) is 20.9 Å². The van der Waals surface area contributed by atoms with Gasteiger partial charge in [0.25, 0.3) is 0 Å². The highest BCUT2D eigenvalue weighted by atomic mass is 16.7. The van der Waals surface area contributed by atoms with Gasteiger partial charge in [-0.25, -0.2) is 0 Å². The topological polar surface area (TPSA) is 29.5 Å². The van der Waals surface area contributed by atoms with Crippen molar-refractivity contribution < 1.29 is 9.63 Å². The lowest BCUT2D eigenvalue weighted by atomic mass is 10.2. The van der Waals surface area contributed by atoms with E-state index in [0.717, 1.165) is 13.0 Å². The SMILES string of the molecule is CC.CN1CCCC(=O)CO1. The molecular formula is C8H17NO2. The second-order valence-corrected chi connectivity index (χ2v) is 2.27. The lowest BCUT2D eigenvalue weighted by molar-refractivity contribution is -0.149. The van der Waals surface area contributed by atoms with Crippen molar-refractivity contribution in [2.45, 2.75) is 26.7 Å². The summed E-state index contributed by atoms with van der Waals surface area (Å²) in [5, 5.41) is 1.71. The highest BCUT2D eigenvalue weighted by Gasteiger charge is 2.09. The number of hydroxylamine groups is 2. The van der Waals surface area contributed by atoms with Crippen molar-refractivity contribution in [3.05, 3.63) is 0 Å². The summed E-state index contributed by atoms with van der Waals surface area (Å²) in [5.74, 6) is 0.208. The van der Waals surface area contributed by atoms with Gasteiger partial charge >= 0.3 is 0 Å². The third-order valence-electron chi connectivity index (χ3n) is 1.37. The average Bonchev–Trinajstić information content (AvgIpc) is 2.20. The van der Waals surface area contributed by atoms with Gasteiger partial charge in [0.05, 0.1) is 0 Å². The van der Waals surface area contributed by atoms with E-state index in [1.54, 1.807) is 5.06 Å². The van der Waals surface area contributed by atoms with Crippen LogP contribution in [0.25, 0.3) is 0 Å². The Hall–Kier alpha value is -0.410. The van der Waals surface area contributed by atoms with E-state index in [4.69, 9.17) is 4.84 Å². The molecule has 1 aliphatic rings. The van der Waals surface area contributed by atoms with Crippen molar-refractivity contribution in [2.24, 2.45) is 0 Å². The molecular weight excluding hydrogens is 142 g/mol. The van der Waals surface area contributed by atoms with Crippen LogP contribution in [0, 0.1) is 0 Å². The Balaban J connectivity index is 0.000000461. The van der Waals surface area contributed by atoms with Crippen LogP contribution in [0.2, 0.25) is 0 Å². The molecule has 1 heterocycles. The molecule has 1 saturated heterocycles. The summed E-state index contributed by atoms with van der Waals surface area (Å²) in [5.41, 5.74) is 0. The summed E-state index contributed by atoms with van der Waals surface area (Å²) in [4.78, 5) is 15.7. The van der Waals surface area contributed by atoms with Crippen molar-refractivity contribution >= 4 is 5.78 Å². The molecule has 66 valence electrons. The zero-order valence-electron chi connectivity index (χ0n) is 7.59. The van der Waals surface area contributed by atoms with Gasteiger partial charge in [-0.1, -0.05) is 13.8 Å². The van der Waals surface area contributed by atoms with Gasteiger partial charge in [0.1, 0.15) is 6.61 Å². The Morgan fingerprint density at radius 2 is 2.09 bits per heavy atom. The number of rotatable bonds is 0. The summed E-state index contributed by atoms with van der Waals surface area (Å²) < 4.78 is 0. The fourth-order valence-corrected chi connectivity index (χ4v) is 0.818. The number of hydrogen-bond donors (Lipinski definition) is 0. The summed E-state index contributed by atoms with van der Waals surface area (Å²) >= 11 is 0. The highest BCUT2D eigenvalue weighted by Crippen LogP contribution is 2.00. The van der Waals surface area contributed by atoms with Crippen molar-refractivity contribution in [1.82, 2.24) is 5.06 Å². The van der Waals surface area contributed by atoms with Crippen LogP contribution in [-0.4, -0.2) is 31.0 Å². The monoisotopic (exact) mass is 159 g/mol. The van der Waals surface area contributed by atoms with Crippen molar-refractivity contribution in [1.29, 1.82) is 0 Å². The van der Waals surface area contributed by atoms with Crippen LogP contribution < -0.4 is 0 Å². The summed E-state index contributed by atoms with van der Waals surface area (Å²) in [6, 6.07) is 0. The van der Waals surface area contributed by atoms with Gasteiger partial charge in [0.15, 0.2) is 5.78 Å². The molecule has 0 aromatic rings. The molecule has 0 N–H and O–H groups in total. The van der Waals surface area contributed by atoms with Crippen LogP contribution in [0.15, 0.2) is 0 Å². The third kappa shape index (κ3) is 4.93. The van der Waals surface area contributed by atoms with Gasteiger partial charge in [-0.3, -0.25) is 9.63 Å². The van der Waals surface area contributed by atoms with Crippen LogP contribution in [0.1, 0.15) is 26.7 Å². The molecule has 11 heavy (non-hydrogen) atoms. The van der Waals surface area contributed by atoms with E-state index >= 15 is 0 Å². The molecule has 0 radical (unpaired) electrons. The van der Waals surface area contributed by atoms with E-state index in [0.29, 0.717) is 6.42 Å². The van der Waals surface area contributed by atoms with Gasteiger partial charge in [0.2, 0.25) is 0 Å². The maximum Gasteiger partial charge on any atom is 0.160 e. The summed E-state index contributed by atoms with van der Waals surface area (Å²) in [6.45, 7) is 5.13. The standard InChI is InChI=1S/C6H11NO2.C2H6/c1-7-4-2-3-6(8)5-9-7;1-2/h2-5H2,1H3;1-2H3. The van der Waals surface area contributed by atoms with Gasteiger partial charge in [0, 0.05) is 20.0 Å². The van der Waals surface area contributed by atoms with Gasteiger partial charge in [-0.2, -0.15) is 5.06 Å². The maximum absolute atomic E-state index is 10.7. The first-order valence-corrected chi connectivity index (χ1v) is 4.15. The lowest BCUT2D eigenvalue weighted by Crippen LogP contribution is -2.19. The minimum atomic E-state index is 0.208. The molecule has 1 rings (SSSR count). The second-order valence-electron chi connectivity index (χ2n) is 2.27. The van der Waals surface area contributed by atoms with Crippen LogP contribution in [0.4, 0.5) is 0 Å². The van der Waals surface area contributed by atoms with E-state index in [2.05, 4.69) is 0 Å². The summed E-state index contributed by atoms with van der Waals surface area (Å²) in [6.07, 6.45) is 1.60. The number of Topliss-reactive ketones (excluding diaryl/α,β-unsaturated/α-hetero) is 1. The Bertz CT molecular complexity index is 115. The Morgan fingerprint density at radius 3 is 2.73 bits per heavy atom. The Labute approximate surface area is 68.3 Å². The van der Waals surface area contributed by atoms with Crippen molar-refractivity contribution in [3.8, 4) is 0 Å². The van der Waals surface area contributed by atoms with Crippen molar-refractivity contribution in [3.63, 3.8) is 0 Å². The number of hydrogen-bond acceptors (Lipinski definition) is 3. The largest absolute Gasteiger partial charge is 0.297 e. The smallest absolute Gasteiger partial charge is 0.160 e. The minimum absolute atomic E-state index is 0.208. The Kier molecular flexibility index (Phi) is 6.07. The van der Waals surface area contributed by atoms with Gasteiger partial charge in [-0.15, -0.1) is 0 Å². The van der Waals surface area contributed by atoms with E-state index in [-0.39, 0.29) is 12.4 Å². The quantitative estimate of drug-likeness (QED) is 0.532. The molecule has 3 heteroatoms. The molecule has 0 aromatic heterocycles. The van der Waals surface area contributed by atoms with E-state index in [9.17, 15) is 4.79 Å². The third-order valence-corrected chi connectivity index (χ3v) is 1.37. The molecule has 0 saturated carbocycles. The zero-order chi connectivity index (χ0) is 8.69. The molecule has 0 atom stereocenters. The normalized spacial score (nSPS) is 20.1. The maximum atomic E-state index is 10.7. The van der Waals surface area contributed by atoms with Gasteiger partial charge < -0.3 is 0 Å². The first-order chi connectivity index (χ1) is 5.29. The predicted molar refractivity (Wildman–Crippen MR) is 44.2 cm³/mol. The zero-order valence-corrected chi connectivity index (χ0v) is 7.59. The average molecular weight is 159 g/mol. The van der Waals surface area contributed by atoms with Crippen LogP contribution in [0.3, 0.4) is 0 Å². The predicted octanol–water partition coefficient (Wildman–Crippen LogP) is 1.24. The van der Waals surface area contributed by atoms with E-state index in [1.165, 1.54) is 0 Å². The van der Waals surface area contributed by atoms with E-state index < -0.39 is 0 Å². The molecule has 0 bridgehead atoms. The summed E-state index contributed by atoms with van der Waals surface area (Å²) in [7, 11) is 1.85. The molecule has 0 spiro atoms. The molecule has 0 aromatic carbocycles. The van der Waals surface area contributed by atoms with Crippen molar-refractivity contribution in [2.75, 3.05) is 20.2 Å². The van der Waals surface area contributed by atoms with Gasteiger partial charge in [-0.05, 0) is 6.42 Å². The number of nitrogens with zero attached hydrogens (tertiary/aromatic N) is 1. The molecule has 1 fully saturated rings. The van der Waals surface area contributed by atoms with Crippen LogP contribution in [0.5, 0.6) is 0 Å². The first-order valence-electron chi connectivity index (χ1n) is 4.15. The van der Waals surface area contributed by atoms with Crippen LogP contribution in [-0.2, 0) is 9.63 Å². The molecule has 3 nitrogen and oxygen atoms in total. The second kappa shape index (κ2) is 6.31. The lowest BCUT2D eigenvalue weighted by Gasteiger charge is -2.10. The fourth-order valence-electron chi connectivity index (χ4n) is 0.818. The molecule has 1 aliphatic heterocycles.